The van der Waals surface area contributed by atoms with Gasteiger partial charge in [0.25, 0.3) is 0 Å². The molecular weight excluding hydrogens is 200 g/mol. The summed E-state index contributed by atoms with van der Waals surface area (Å²) >= 11 is 0. The summed E-state index contributed by atoms with van der Waals surface area (Å²) in [5.41, 5.74) is 2.64. The molecule has 2 heterocycles. The second kappa shape index (κ2) is 4.97. The van der Waals surface area contributed by atoms with Crippen LogP contribution in [-0.2, 0) is 13.6 Å². The summed E-state index contributed by atoms with van der Waals surface area (Å²) in [6, 6.07) is 0.682. The smallest absolute Gasteiger partial charge is 0.0537 e. The fourth-order valence-electron chi connectivity index (χ4n) is 2.37. The molecule has 1 N–H and O–H groups in total. The van der Waals surface area contributed by atoms with Gasteiger partial charge in [0.2, 0.25) is 0 Å². The van der Waals surface area contributed by atoms with E-state index in [9.17, 15) is 0 Å². The van der Waals surface area contributed by atoms with Crippen molar-refractivity contribution >= 4 is 0 Å². The number of likely N-dealkylation sites (tertiary alicyclic amines) is 1. The third kappa shape index (κ3) is 2.44. The summed E-state index contributed by atoms with van der Waals surface area (Å²) in [6.07, 6.45) is 3.27. The number of hydrogen-bond donors (Lipinski definition) is 1. The second-order valence-electron chi connectivity index (χ2n) is 4.66. The molecule has 1 aromatic heterocycles. The molecule has 2 rings (SSSR count). The van der Waals surface area contributed by atoms with Gasteiger partial charge in [0.15, 0.2) is 0 Å². The quantitative estimate of drug-likeness (QED) is 0.822. The molecule has 1 aliphatic rings. The first kappa shape index (κ1) is 11.6. The van der Waals surface area contributed by atoms with Crippen LogP contribution in [0, 0.1) is 6.92 Å². The van der Waals surface area contributed by atoms with Crippen LogP contribution in [0.3, 0.4) is 0 Å². The van der Waals surface area contributed by atoms with Crippen LogP contribution in [0.25, 0.3) is 0 Å². The molecule has 0 aromatic carbocycles. The molecule has 0 aliphatic carbocycles. The monoisotopic (exact) mass is 222 g/mol. The Bertz CT molecular complexity index is 345. The lowest BCUT2D eigenvalue weighted by atomic mass is 10.2. The van der Waals surface area contributed by atoms with E-state index in [2.05, 4.69) is 29.2 Å². The molecule has 1 saturated heterocycles. The molecule has 1 atom stereocenters. The average molecular weight is 222 g/mol. The predicted molar refractivity (Wildman–Crippen MR) is 65.3 cm³/mol. The summed E-state index contributed by atoms with van der Waals surface area (Å²) in [5, 5.41) is 7.81. The predicted octanol–water partition coefficient (Wildman–Crippen LogP) is 0.912. The van der Waals surface area contributed by atoms with E-state index in [4.69, 9.17) is 0 Å². The highest BCUT2D eigenvalue weighted by molar-refractivity contribution is 5.15. The third-order valence-corrected chi connectivity index (χ3v) is 3.50. The van der Waals surface area contributed by atoms with Gasteiger partial charge in [-0.1, -0.05) is 6.92 Å². The Labute approximate surface area is 97.6 Å². The summed E-state index contributed by atoms with van der Waals surface area (Å²) in [7, 11) is 2.00. The lowest BCUT2D eigenvalue weighted by Crippen LogP contribution is -2.32. The average Bonchev–Trinajstić information content (AvgIpc) is 2.82. The van der Waals surface area contributed by atoms with E-state index in [1.54, 1.807) is 0 Å². The minimum atomic E-state index is 0.682. The number of rotatable bonds is 4. The van der Waals surface area contributed by atoms with Gasteiger partial charge in [0.1, 0.15) is 0 Å². The molecule has 4 heteroatoms. The standard InChI is InChI=1S/C12H22N4/c1-4-13-12-5-6-16(9-12)8-11-7-14-15(3)10(11)2/h7,12-13H,4-6,8-9H2,1-3H3. The molecule has 16 heavy (non-hydrogen) atoms. The summed E-state index contributed by atoms with van der Waals surface area (Å²) < 4.78 is 1.95. The van der Waals surface area contributed by atoms with E-state index in [0.29, 0.717) is 6.04 Å². The van der Waals surface area contributed by atoms with Crippen LogP contribution in [0.2, 0.25) is 0 Å². The van der Waals surface area contributed by atoms with Crippen LogP contribution < -0.4 is 5.32 Å². The molecule has 0 bridgehead atoms. The zero-order valence-electron chi connectivity index (χ0n) is 10.5. The molecule has 1 fully saturated rings. The number of hydrogen-bond acceptors (Lipinski definition) is 3. The van der Waals surface area contributed by atoms with E-state index in [0.717, 1.165) is 13.1 Å². The van der Waals surface area contributed by atoms with Gasteiger partial charge in [0.05, 0.1) is 6.20 Å². The van der Waals surface area contributed by atoms with E-state index in [1.807, 2.05) is 17.9 Å². The van der Waals surface area contributed by atoms with E-state index < -0.39 is 0 Å². The minimum Gasteiger partial charge on any atom is -0.313 e. The van der Waals surface area contributed by atoms with Crippen molar-refractivity contribution in [2.24, 2.45) is 7.05 Å². The maximum Gasteiger partial charge on any atom is 0.0537 e. The van der Waals surface area contributed by atoms with E-state index >= 15 is 0 Å². The third-order valence-electron chi connectivity index (χ3n) is 3.50. The first-order valence-corrected chi connectivity index (χ1v) is 6.14. The SMILES string of the molecule is CCNC1CCN(Cc2cnn(C)c2C)C1. The van der Waals surface area contributed by atoms with Gasteiger partial charge in [-0.15, -0.1) is 0 Å². The Morgan fingerprint density at radius 1 is 1.56 bits per heavy atom. The van der Waals surface area contributed by atoms with Gasteiger partial charge in [0, 0.05) is 44.0 Å². The van der Waals surface area contributed by atoms with Crippen molar-refractivity contribution in [3.63, 3.8) is 0 Å². The second-order valence-corrected chi connectivity index (χ2v) is 4.66. The largest absolute Gasteiger partial charge is 0.313 e. The van der Waals surface area contributed by atoms with Gasteiger partial charge >= 0.3 is 0 Å². The topological polar surface area (TPSA) is 33.1 Å². The summed E-state index contributed by atoms with van der Waals surface area (Å²) in [5.74, 6) is 0. The van der Waals surface area contributed by atoms with E-state index in [1.165, 1.54) is 30.8 Å². The van der Waals surface area contributed by atoms with Gasteiger partial charge in [-0.2, -0.15) is 5.10 Å². The first-order valence-electron chi connectivity index (χ1n) is 6.14. The Morgan fingerprint density at radius 2 is 2.38 bits per heavy atom. The molecule has 0 saturated carbocycles. The van der Waals surface area contributed by atoms with Crippen LogP contribution in [0.5, 0.6) is 0 Å². The molecule has 1 aromatic rings. The van der Waals surface area contributed by atoms with E-state index in [-0.39, 0.29) is 0 Å². The van der Waals surface area contributed by atoms with Gasteiger partial charge in [-0.05, 0) is 19.9 Å². The number of likely N-dealkylation sites (N-methyl/N-ethyl adjacent to an activating group) is 1. The van der Waals surface area contributed by atoms with Crippen LogP contribution in [-0.4, -0.2) is 40.4 Å². The van der Waals surface area contributed by atoms with Crippen LogP contribution in [0.4, 0.5) is 0 Å². The Morgan fingerprint density at radius 3 is 3.00 bits per heavy atom. The number of aryl methyl sites for hydroxylation is 1. The maximum atomic E-state index is 4.29. The van der Waals surface area contributed by atoms with Crippen molar-refractivity contribution in [3.05, 3.63) is 17.5 Å². The van der Waals surface area contributed by atoms with Crippen molar-refractivity contribution in [1.29, 1.82) is 0 Å². The number of nitrogens with zero attached hydrogens (tertiary/aromatic N) is 3. The zero-order chi connectivity index (χ0) is 11.5. The minimum absolute atomic E-state index is 0.682. The van der Waals surface area contributed by atoms with Gasteiger partial charge in [-0.3, -0.25) is 9.58 Å². The molecular formula is C12H22N4. The highest BCUT2D eigenvalue weighted by Crippen LogP contribution is 2.15. The molecule has 4 nitrogen and oxygen atoms in total. The molecule has 1 aliphatic heterocycles. The lowest BCUT2D eigenvalue weighted by molar-refractivity contribution is 0.320. The fourth-order valence-corrected chi connectivity index (χ4v) is 2.37. The normalized spacial score (nSPS) is 21.8. The Kier molecular flexibility index (Phi) is 3.61. The summed E-state index contributed by atoms with van der Waals surface area (Å²) in [4.78, 5) is 2.51. The Balaban J connectivity index is 1.89. The van der Waals surface area contributed by atoms with Crippen molar-refractivity contribution < 1.29 is 0 Å². The van der Waals surface area contributed by atoms with Crippen LogP contribution >= 0.6 is 0 Å². The molecule has 1 unspecified atom stereocenters. The van der Waals surface area contributed by atoms with Crippen LogP contribution in [0.1, 0.15) is 24.6 Å². The van der Waals surface area contributed by atoms with Crippen LogP contribution in [0.15, 0.2) is 6.20 Å². The lowest BCUT2D eigenvalue weighted by Gasteiger charge is -2.15. The molecule has 0 amide bonds. The van der Waals surface area contributed by atoms with Crippen molar-refractivity contribution in [2.45, 2.75) is 32.9 Å². The molecule has 0 radical (unpaired) electrons. The van der Waals surface area contributed by atoms with Crippen molar-refractivity contribution in [3.8, 4) is 0 Å². The van der Waals surface area contributed by atoms with Gasteiger partial charge in [-0.25, -0.2) is 0 Å². The van der Waals surface area contributed by atoms with Gasteiger partial charge < -0.3 is 5.32 Å². The fraction of sp³-hybridized carbons (Fsp3) is 0.750. The zero-order valence-corrected chi connectivity index (χ0v) is 10.5. The molecule has 0 spiro atoms. The number of aromatic nitrogens is 2. The summed E-state index contributed by atoms with van der Waals surface area (Å²) in [6.45, 7) is 8.80. The first-order chi connectivity index (χ1) is 7.70. The Hall–Kier alpha value is -0.870. The molecule has 90 valence electrons. The number of nitrogens with one attached hydrogen (secondary N) is 1. The maximum absolute atomic E-state index is 4.29. The highest BCUT2D eigenvalue weighted by atomic mass is 15.3. The van der Waals surface area contributed by atoms with Crippen molar-refractivity contribution in [2.75, 3.05) is 19.6 Å². The highest BCUT2D eigenvalue weighted by Gasteiger charge is 2.22. The van der Waals surface area contributed by atoms with Crippen molar-refractivity contribution in [1.82, 2.24) is 20.0 Å².